The molecule has 1 saturated carbocycles. The van der Waals surface area contributed by atoms with Crippen molar-refractivity contribution < 1.29 is 9.53 Å². The third-order valence-electron chi connectivity index (χ3n) is 5.58. The van der Waals surface area contributed by atoms with Crippen LogP contribution < -0.4 is 0 Å². The molecule has 1 aliphatic heterocycles. The Morgan fingerprint density at radius 3 is 2.75 bits per heavy atom. The minimum Gasteiger partial charge on any atom is -0.440 e. The fraction of sp³-hybridized carbons (Fsp3) is 0.526. The molecule has 1 aromatic heterocycles. The van der Waals surface area contributed by atoms with E-state index >= 15 is 0 Å². The number of benzene rings is 1. The molecule has 24 heavy (non-hydrogen) atoms. The molecule has 5 heteroatoms. The highest BCUT2D eigenvalue weighted by Gasteiger charge is 2.35. The summed E-state index contributed by atoms with van der Waals surface area (Å²) in [4.78, 5) is 14.7. The molecule has 1 aliphatic carbocycles. The molecular weight excluding hydrogens is 324 g/mol. The molecular formula is C19H23ClN2O2. The number of likely N-dealkylation sites (N-methyl/N-ethyl adjacent to an activating group) is 1. The number of carbonyl (C=O) groups excluding carboxylic acids is 1. The number of fused-ring (bicyclic) bond motifs is 3. The first kappa shape index (κ1) is 16.0. The Bertz CT molecular complexity index is 792. The second kappa shape index (κ2) is 6.08. The van der Waals surface area contributed by atoms with Gasteiger partial charge in [0.15, 0.2) is 6.23 Å². The molecule has 0 amide bonds. The van der Waals surface area contributed by atoms with E-state index < -0.39 is 0 Å². The van der Waals surface area contributed by atoms with Crippen LogP contribution in [-0.4, -0.2) is 29.0 Å². The van der Waals surface area contributed by atoms with Gasteiger partial charge in [0.2, 0.25) is 0 Å². The molecule has 2 aliphatic rings. The highest BCUT2D eigenvalue weighted by Crippen LogP contribution is 2.38. The van der Waals surface area contributed by atoms with Crippen molar-refractivity contribution in [3.63, 3.8) is 0 Å². The van der Waals surface area contributed by atoms with E-state index in [1.807, 2.05) is 32.3 Å². The Hall–Kier alpha value is -1.52. The van der Waals surface area contributed by atoms with Crippen molar-refractivity contribution in [2.45, 2.75) is 38.3 Å². The normalized spacial score (nSPS) is 22.0. The van der Waals surface area contributed by atoms with Crippen LogP contribution in [0.2, 0.25) is 5.02 Å². The lowest BCUT2D eigenvalue weighted by Crippen LogP contribution is -2.37. The number of carbonyl (C=O) groups is 1. The number of aromatic nitrogens is 1. The molecule has 0 bridgehead atoms. The van der Waals surface area contributed by atoms with Gasteiger partial charge in [-0.15, -0.1) is 0 Å². The second-order valence-electron chi connectivity index (χ2n) is 7.09. The lowest BCUT2D eigenvalue weighted by molar-refractivity contribution is -0.165. The number of rotatable bonds is 2. The maximum atomic E-state index is 12.6. The van der Waals surface area contributed by atoms with Gasteiger partial charge in [0.25, 0.3) is 0 Å². The summed E-state index contributed by atoms with van der Waals surface area (Å²) in [7, 11) is 4.07. The van der Waals surface area contributed by atoms with Gasteiger partial charge in [0.1, 0.15) is 0 Å². The van der Waals surface area contributed by atoms with E-state index in [0.29, 0.717) is 0 Å². The average molecular weight is 347 g/mol. The molecule has 4 rings (SSSR count). The Kier molecular flexibility index (Phi) is 4.05. The van der Waals surface area contributed by atoms with Crippen LogP contribution in [0, 0.1) is 5.92 Å². The zero-order valence-corrected chi connectivity index (χ0v) is 15.0. The Morgan fingerprint density at radius 1 is 1.25 bits per heavy atom. The number of aryl methyl sites for hydroxylation is 1. The van der Waals surface area contributed by atoms with E-state index in [4.69, 9.17) is 16.3 Å². The Balaban J connectivity index is 1.74. The number of esters is 1. The standard InChI is InChI=1S/C19H23ClN2O2/c1-21-10-9-14-15-11-13(20)7-8-16(15)22(2)17(14)18(21)24-19(23)12-5-3-4-6-12/h7-8,11-12,18H,3-6,9-10H2,1-2H3. The molecule has 0 spiro atoms. The SMILES string of the molecule is CN1CCc2c(n(C)c3ccc(Cl)cc23)C1OC(=O)C1CCCC1. The van der Waals surface area contributed by atoms with Gasteiger partial charge in [-0.05, 0) is 50.1 Å². The van der Waals surface area contributed by atoms with Crippen LogP contribution in [0.3, 0.4) is 0 Å². The lowest BCUT2D eigenvalue weighted by atomic mass is 10.0. The number of ether oxygens (including phenoxy) is 1. The van der Waals surface area contributed by atoms with E-state index in [1.54, 1.807) is 0 Å². The maximum absolute atomic E-state index is 12.6. The van der Waals surface area contributed by atoms with Crippen LogP contribution in [0.5, 0.6) is 0 Å². The molecule has 1 aromatic carbocycles. The van der Waals surface area contributed by atoms with Crippen LogP contribution in [0.4, 0.5) is 0 Å². The maximum Gasteiger partial charge on any atom is 0.310 e. The fourth-order valence-corrected chi connectivity index (χ4v) is 4.39. The third-order valence-corrected chi connectivity index (χ3v) is 5.82. The van der Waals surface area contributed by atoms with Crippen molar-refractivity contribution in [1.29, 1.82) is 0 Å². The smallest absolute Gasteiger partial charge is 0.310 e. The predicted octanol–water partition coefficient (Wildman–Crippen LogP) is 4.05. The summed E-state index contributed by atoms with van der Waals surface area (Å²) < 4.78 is 8.14. The monoisotopic (exact) mass is 346 g/mol. The third kappa shape index (κ3) is 2.52. The predicted molar refractivity (Wildman–Crippen MR) is 95.1 cm³/mol. The van der Waals surface area contributed by atoms with Crippen molar-refractivity contribution in [3.8, 4) is 0 Å². The summed E-state index contributed by atoms with van der Waals surface area (Å²) in [5, 5.41) is 1.92. The highest BCUT2D eigenvalue weighted by molar-refractivity contribution is 6.31. The zero-order valence-electron chi connectivity index (χ0n) is 14.2. The zero-order chi connectivity index (χ0) is 16.8. The number of nitrogens with zero attached hydrogens (tertiary/aromatic N) is 2. The van der Waals surface area contributed by atoms with E-state index in [-0.39, 0.29) is 18.1 Å². The fourth-order valence-electron chi connectivity index (χ4n) is 4.22. The van der Waals surface area contributed by atoms with Gasteiger partial charge in [-0.2, -0.15) is 0 Å². The molecule has 1 atom stereocenters. The van der Waals surface area contributed by atoms with E-state index in [1.165, 1.54) is 10.9 Å². The summed E-state index contributed by atoms with van der Waals surface area (Å²) in [6, 6.07) is 5.99. The van der Waals surface area contributed by atoms with Gasteiger partial charge in [-0.3, -0.25) is 9.69 Å². The molecule has 128 valence electrons. The molecule has 2 heterocycles. The van der Waals surface area contributed by atoms with Gasteiger partial charge in [-0.1, -0.05) is 24.4 Å². The number of hydrogen-bond donors (Lipinski definition) is 0. The van der Waals surface area contributed by atoms with Gasteiger partial charge in [-0.25, -0.2) is 0 Å². The minimum atomic E-state index is -0.307. The lowest BCUT2D eigenvalue weighted by Gasteiger charge is -2.33. The van der Waals surface area contributed by atoms with Gasteiger partial charge < -0.3 is 9.30 Å². The van der Waals surface area contributed by atoms with Crippen LogP contribution in [0.1, 0.15) is 43.2 Å². The molecule has 1 fully saturated rings. The first-order chi connectivity index (χ1) is 11.6. The van der Waals surface area contributed by atoms with Crippen LogP contribution in [-0.2, 0) is 23.0 Å². The summed E-state index contributed by atoms with van der Waals surface area (Å²) in [6.07, 6.45) is 4.84. The van der Waals surface area contributed by atoms with Gasteiger partial charge in [0, 0.05) is 29.5 Å². The first-order valence-corrected chi connectivity index (χ1v) is 9.11. The van der Waals surface area contributed by atoms with E-state index in [0.717, 1.165) is 54.9 Å². The van der Waals surface area contributed by atoms with Crippen molar-refractivity contribution in [3.05, 3.63) is 34.5 Å². The van der Waals surface area contributed by atoms with Crippen molar-refractivity contribution in [2.24, 2.45) is 13.0 Å². The van der Waals surface area contributed by atoms with Gasteiger partial charge in [0.05, 0.1) is 11.6 Å². The van der Waals surface area contributed by atoms with E-state index in [9.17, 15) is 4.79 Å². The highest BCUT2D eigenvalue weighted by atomic mass is 35.5. The largest absolute Gasteiger partial charge is 0.440 e. The van der Waals surface area contributed by atoms with Crippen LogP contribution >= 0.6 is 11.6 Å². The van der Waals surface area contributed by atoms with Crippen LogP contribution in [0.25, 0.3) is 10.9 Å². The summed E-state index contributed by atoms with van der Waals surface area (Å²) in [5.74, 6) is 0.0355. The van der Waals surface area contributed by atoms with Crippen molar-refractivity contribution >= 4 is 28.5 Å². The second-order valence-corrected chi connectivity index (χ2v) is 7.52. The number of hydrogen-bond acceptors (Lipinski definition) is 3. The van der Waals surface area contributed by atoms with Crippen molar-refractivity contribution in [1.82, 2.24) is 9.47 Å². The number of halogens is 1. The molecule has 0 N–H and O–H groups in total. The molecule has 2 aromatic rings. The minimum absolute atomic E-state index is 0.0412. The molecule has 0 radical (unpaired) electrons. The molecule has 1 unspecified atom stereocenters. The molecule has 4 nitrogen and oxygen atoms in total. The molecule has 0 saturated heterocycles. The van der Waals surface area contributed by atoms with Crippen molar-refractivity contribution in [2.75, 3.05) is 13.6 Å². The van der Waals surface area contributed by atoms with E-state index in [2.05, 4.69) is 9.47 Å². The Morgan fingerprint density at radius 2 is 2.00 bits per heavy atom. The van der Waals surface area contributed by atoms with Gasteiger partial charge >= 0.3 is 5.97 Å². The summed E-state index contributed by atoms with van der Waals surface area (Å²) in [5.41, 5.74) is 3.49. The quantitative estimate of drug-likeness (QED) is 0.769. The topological polar surface area (TPSA) is 34.5 Å². The summed E-state index contributed by atoms with van der Waals surface area (Å²) in [6.45, 7) is 0.876. The summed E-state index contributed by atoms with van der Waals surface area (Å²) >= 11 is 6.20. The van der Waals surface area contributed by atoms with Crippen LogP contribution in [0.15, 0.2) is 18.2 Å². The Labute approximate surface area is 147 Å². The average Bonchev–Trinajstić information content (AvgIpc) is 3.18. The first-order valence-electron chi connectivity index (χ1n) is 8.73.